The molecule has 0 aliphatic heterocycles. The fourth-order valence-corrected chi connectivity index (χ4v) is 2.46. The van der Waals surface area contributed by atoms with Gasteiger partial charge in [-0.15, -0.1) is 0 Å². The summed E-state index contributed by atoms with van der Waals surface area (Å²) < 4.78 is 35.4. The van der Waals surface area contributed by atoms with Crippen molar-refractivity contribution in [2.24, 2.45) is 0 Å². The van der Waals surface area contributed by atoms with Gasteiger partial charge in [-0.25, -0.2) is 17.6 Å². The van der Waals surface area contributed by atoms with Crippen molar-refractivity contribution in [3.8, 4) is 6.07 Å². The van der Waals surface area contributed by atoms with Crippen molar-refractivity contribution >= 4 is 10.1 Å². The first kappa shape index (κ1) is 16.7. The quantitative estimate of drug-likeness (QED) is 0.368. The monoisotopic (exact) mass is 299 g/mol. The van der Waals surface area contributed by atoms with Gasteiger partial charge in [-0.1, -0.05) is 6.42 Å². The average molecular weight is 299 g/mol. The Bertz CT molecular complexity index is 531. The zero-order valence-electron chi connectivity index (χ0n) is 11.6. The van der Waals surface area contributed by atoms with E-state index in [1.165, 1.54) is 0 Å². The molecule has 1 rings (SSSR count). The highest BCUT2D eigenvalue weighted by atomic mass is 32.2. The number of nitriles is 1. The molecule has 0 aromatic carbocycles. The Kier molecular flexibility index (Phi) is 7.26. The number of unbranched alkanes of at least 4 members (excludes halogenated alkanes) is 4. The van der Waals surface area contributed by atoms with E-state index < -0.39 is 10.1 Å². The van der Waals surface area contributed by atoms with Gasteiger partial charge in [-0.05, 0) is 25.7 Å². The van der Waals surface area contributed by atoms with Gasteiger partial charge in [0.1, 0.15) is 12.4 Å². The molecule has 0 saturated carbocycles. The maximum atomic E-state index is 10.5. The highest BCUT2D eigenvalue weighted by Gasteiger charge is 2.04. The molecule has 0 amide bonds. The molecule has 0 N–H and O–H groups in total. The van der Waals surface area contributed by atoms with Gasteiger partial charge in [-0.3, -0.25) is 0 Å². The lowest BCUT2D eigenvalue weighted by atomic mass is 10.1. The highest BCUT2D eigenvalue weighted by molar-refractivity contribution is 7.85. The summed E-state index contributed by atoms with van der Waals surface area (Å²) in [6.07, 6.45) is 10.9. The van der Waals surface area contributed by atoms with Crippen LogP contribution in [0.1, 0.15) is 38.5 Å². The minimum Gasteiger partial charge on any atom is -0.748 e. The van der Waals surface area contributed by atoms with Crippen molar-refractivity contribution in [1.82, 2.24) is 4.57 Å². The minimum atomic E-state index is -4.11. The predicted molar refractivity (Wildman–Crippen MR) is 72.5 cm³/mol. The summed E-state index contributed by atoms with van der Waals surface area (Å²) in [5.41, 5.74) is 0. The molecule has 0 radical (unpaired) electrons. The zero-order chi connectivity index (χ0) is 14.8. The van der Waals surface area contributed by atoms with Gasteiger partial charge >= 0.3 is 0 Å². The largest absolute Gasteiger partial charge is 0.748 e. The van der Waals surface area contributed by atoms with E-state index in [-0.39, 0.29) is 5.75 Å². The molecule has 0 atom stereocenters. The Balaban J connectivity index is 2.18. The molecule has 0 bridgehead atoms. The van der Waals surface area contributed by atoms with Crippen LogP contribution in [0.3, 0.4) is 0 Å². The molecule has 0 aliphatic carbocycles. The Hall–Kier alpha value is -1.39. The Morgan fingerprint density at radius 3 is 2.65 bits per heavy atom. The lowest BCUT2D eigenvalue weighted by Crippen LogP contribution is -2.32. The number of rotatable bonds is 10. The van der Waals surface area contributed by atoms with Gasteiger partial charge in [0, 0.05) is 12.2 Å². The molecule has 0 fully saturated rings. The van der Waals surface area contributed by atoms with E-state index in [2.05, 4.69) is 10.6 Å². The second kappa shape index (κ2) is 8.72. The molecule has 0 spiro atoms. The van der Waals surface area contributed by atoms with Crippen LogP contribution >= 0.6 is 0 Å². The number of imidazole rings is 1. The number of aryl methyl sites for hydroxylation is 2. The summed E-state index contributed by atoms with van der Waals surface area (Å²) in [5, 5.41) is 8.41. The Morgan fingerprint density at radius 1 is 1.20 bits per heavy atom. The van der Waals surface area contributed by atoms with E-state index >= 15 is 0 Å². The minimum absolute atomic E-state index is 0.315. The van der Waals surface area contributed by atoms with Crippen molar-refractivity contribution in [3.63, 3.8) is 0 Å². The lowest BCUT2D eigenvalue weighted by molar-refractivity contribution is -0.696. The number of hydrogen-bond donors (Lipinski definition) is 0. The van der Waals surface area contributed by atoms with E-state index in [0.717, 1.165) is 32.2 Å². The molecule has 1 aromatic rings. The predicted octanol–water partition coefficient (Wildman–Crippen LogP) is 1.18. The molecule has 6 nitrogen and oxygen atoms in total. The molecule has 20 heavy (non-hydrogen) atoms. The summed E-state index contributed by atoms with van der Waals surface area (Å²) in [5.74, 6) is -0.315. The highest BCUT2D eigenvalue weighted by Crippen LogP contribution is 2.03. The van der Waals surface area contributed by atoms with Gasteiger partial charge in [0.2, 0.25) is 6.33 Å². The lowest BCUT2D eigenvalue weighted by Gasteiger charge is -2.04. The summed E-state index contributed by atoms with van der Waals surface area (Å²) in [6, 6.07) is 2.14. The first-order valence-corrected chi connectivity index (χ1v) is 8.44. The second-order valence-corrected chi connectivity index (χ2v) is 6.35. The SMILES string of the molecule is N#CCCCCCCn1cc[n+](CCCS(=O)(=O)[O-])c1. The fraction of sp³-hybridized carbons (Fsp3) is 0.692. The van der Waals surface area contributed by atoms with Crippen molar-refractivity contribution in [2.75, 3.05) is 5.75 Å². The van der Waals surface area contributed by atoms with Crippen LogP contribution in [0.4, 0.5) is 0 Å². The van der Waals surface area contributed by atoms with Crippen molar-refractivity contribution < 1.29 is 17.5 Å². The Morgan fingerprint density at radius 2 is 1.95 bits per heavy atom. The van der Waals surface area contributed by atoms with Crippen LogP contribution in [-0.2, 0) is 23.2 Å². The summed E-state index contributed by atoms with van der Waals surface area (Å²) in [6.45, 7) is 1.45. The zero-order valence-corrected chi connectivity index (χ0v) is 12.4. The summed E-state index contributed by atoms with van der Waals surface area (Å²) >= 11 is 0. The number of hydrogen-bond acceptors (Lipinski definition) is 4. The summed E-state index contributed by atoms with van der Waals surface area (Å²) in [7, 11) is -4.11. The van der Waals surface area contributed by atoms with Crippen molar-refractivity contribution in [1.29, 1.82) is 5.26 Å². The molecule has 1 aromatic heterocycles. The molecule has 7 heteroatoms. The van der Waals surface area contributed by atoms with E-state index in [1.54, 1.807) is 0 Å². The molecular weight excluding hydrogens is 278 g/mol. The summed E-state index contributed by atoms with van der Waals surface area (Å²) in [4.78, 5) is 0. The fourth-order valence-electron chi connectivity index (χ4n) is 1.98. The van der Waals surface area contributed by atoms with E-state index in [4.69, 9.17) is 5.26 Å². The topological polar surface area (TPSA) is 89.8 Å². The molecular formula is C13H21N3O3S. The smallest absolute Gasteiger partial charge is 0.243 e. The van der Waals surface area contributed by atoms with Crippen molar-refractivity contribution in [2.45, 2.75) is 51.6 Å². The maximum Gasteiger partial charge on any atom is 0.243 e. The van der Waals surface area contributed by atoms with Crippen LogP contribution in [0.15, 0.2) is 18.7 Å². The van der Waals surface area contributed by atoms with E-state index in [0.29, 0.717) is 19.4 Å². The molecule has 0 aliphatic rings. The standard InChI is InChI=1S/C13H21N3O3S/c14-7-4-2-1-3-5-8-15-10-11-16(13-15)9-6-12-20(17,18)19/h10-11,13H,1-6,8-9,12H2. The third-order valence-electron chi connectivity index (χ3n) is 3.01. The van der Waals surface area contributed by atoms with Gasteiger partial charge in [0.25, 0.3) is 0 Å². The van der Waals surface area contributed by atoms with Crippen LogP contribution < -0.4 is 4.57 Å². The van der Waals surface area contributed by atoms with Crippen molar-refractivity contribution in [3.05, 3.63) is 18.7 Å². The molecule has 1 heterocycles. The van der Waals surface area contributed by atoms with E-state index in [9.17, 15) is 13.0 Å². The number of aromatic nitrogens is 2. The maximum absolute atomic E-state index is 10.5. The Labute approximate surface area is 120 Å². The molecule has 0 saturated heterocycles. The van der Waals surface area contributed by atoms with Gasteiger partial charge in [0.15, 0.2) is 0 Å². The van der Waals surface area contributed by atoms with Crippen LogP contribution in [0.5, 0.6) is 0 Å². The molecule has 0 unspecified atom stereocenters. The van der Waals surface area contributed by atoms with Crippen LogP contribution in [0, 0.1) is 11.3 Å². The normalized spacial score (nSPS) is 11.4. The average Bonchev–Trinajstić information content (AvgIpc) is 2.80. The number of nitrogens with zero attached hydrogens (tertiary/aromatic N) is 3. The van der Waals surface area contributed by atoms with Crippen LogP contribution in [-0.4, -0.2) is 23.3 Å². The third kappa shape index (κ3) is 7.92. The van der Waals surface area contributed by atoms with E-state index in [1.807, 2.05) is 23.3 Å². The first-order chi connectivity index (χ1) is 9.51. The van der Waals surface area contributed by atoms with Gasteiger partial charge in [0.05, 0.1) is 29.3 Å². The van der Waals surface area contributed by atoms with Gasteiger partial charge < -0.3 is 4.55 Å². The second-order valence-electron chi connectivity index (χ2n) is 4.83. The third-order valence-corrected chi connectivity index (χ3v) is 3.80. The van der Waals surface area contributed by atoms with Crippen LogP contribution in [0.25, 0.3) is 0 Å². The van der Waals surface area contributed by atoms with Crippen LogP contribution in [0.2, 0.25) is 0 Å². The molecule has 112 valence electrons. The first-order valence-electron chi connectivity index (χ1n) is 6.86. The van der Waals surface area contributed by atoms with Gasteiger partial charge in [-0.2, -0.15) is 5.26 Å².